The molecule has 0 saturated heterocycles. The molecule has 0 radical (unpaired) electrons. The Morgan fingerprint density at radius 1 is 1.44 bits per heavy atom. The molecule has 2 rings (SSSR count). The van der Waals surface area contributed by atoms with Gasteiger partial charge in [0.05, 0.1) is 6.54 Å². The van der Waals surface area contributed by atoms with Crippen LogP contribution in [0, 0.1) is 6.92 Å². The zero-order valence-electron chi connectivity index (χ0n) is 9.29. The minimum Gasteiger partial charge on any atom is -0.340 e. The van der Waals surface area contributed by atoms with E-state index in [9.17, 15) is 8.42 Å². The van der Waals surface area contributed by atoms with Crippen LogP contribution >= 0.6 is 11.6 Å². The van der Waals surface area contributed by atoms with Crippen molar-refractivity contribution in [2.24, 2.45) is 0 Å². The predicted octanol–water partition coefficient (Wildman–Crippen LogP) is 0.905. The monoisotopic (exact) mass is 288 g/mol. The molecule has 18 heavy (non-hydrogen) atoms. The maximum Gasteiger partial charge on any atom is 0.242 e. The molecule has 9 heteroatoms. The number of hydrogen-bond acceptors (Lipinski definition) is 6. The van der Waals surface area contributed by atoms with Gasteiger partial charge in [-0.3, -0.25) is 0 Å². The van der Waals surface area contributed by atoms with Gasteiger partial charge in [-0.25, -0.2) is 18.1 Å². The van der Waals surface area contributed by atoms with E-state index < -0.39 is 10.0 Å². The molecule has 96 valence electrons. The normalized spacial score (nSPS) is 11.7. The van der Waals surface area contributed by atoms with Crippen LogP contribution in [-0.2, 0) is 16.6 Å². The van der Waals surface area contributed by atoms with Gasteiger partial charge in [-0.15, -0.1) is 0 Å². The van der Waals surface area contributed by atoms with Gasteiger partial charge in [-0.05, 0) is 12.1 Å². The average molecular weight is 289 g/mol. The van der Waals surface area contributed by atoms with Crippen LogP contribution in [0.2, 0.25) is 5.15 Å². The SMILES string of the molecule is Cc1nc(CNS(=O)(=O)c2ccc(Cl)nc2)no1. The van der Waals surface area contributed by atoms with Crippen molar-refractivity contribution in [3.8, 4) is 0 Å². The van der Waals surface area contributed by atoms with Crippen LogP contribution in [-0.4, -0.2) is 23.5 Å². The number of hydrogen-bond donors (Lipinski definition) is 1. The van der Waals surface area contributed by atoms with Crippen LogP contribution in [0.15, 0.2) is 27.7 Å². The molecule has 0 bridgehead atoms. The third-order valence-corrected chi connectivity index (χ3v) is 3.61. The Hall–Kier alpha value is -1.51. The van der Waals surface area contributed by atoms with E-state index in [1.54, 1.807) is 6.92 Å². The van der Waals surface area contributed by atoms with Crippen molar-refractivity contribution in [1.29, 1.82) is 0 Å². The molecular weight excluding hydrogens is 280 g/mol. The quantitative estimate of drug-likeness (QED) is 0.840. The number of nitrogens with zero attached hydrogens (tertiary/aromatic N) is 3. The zero-order chi connectivity index (χ0) is 13.2. The van der Waals surface area contributed by atoms with Crippen LogP contribution < -0.4 is 4.72 Å². The second kappa shape index (κ2) is 5.01. The van der Waals surface area contributed by atoms with Crippen LogP contribution in [0.1, 0.15) is 11.7 Å². The molecule has 0 aromatic carbocycles. The molecule has 0 amide bonds. The zero-order valence-corrected chi connectivity index (χ0v) is 10.9. The molecule has 0 unspecified atom stereocenters. The van der Waals surface area contributed by atoms with Gasteiger partial charge in [0.2, 0.25) is 15.9 Å². The van der Waals surface area contributed by atoms with Gasteiger partial charge < -0.3 is 4.52 Å². The lowest BCUT2D eigenvalue weighted by atomic mass is 10.5. The third-order valence-electron chi connectivity index (χ3n) is 2.00. The summed E-state index contributed by atoms with van der Waals surface area (Å²) in [5.74, 6) is 0.635. The number of aromatic nitrogens is 3. The Morgan fingerprint density at radius 2 is 2.22 bits per heavy atom. The van der Waals surface area contributed by atoms with Gasteiger partial charge in [-0.2, -0.15) is 4.98 Å². The van der Waals surface area contributed by atoms with Gasteiger partial charge in [0.25, 0.3) is 0 Å². The first-order valence-electron chi connectivity index (χ1n) is 4.88. The van der Waals surface area contributed by atoms with Crippen molar-refractivity contribution in [3.05, 3.63) is 35.2 Å². The third kappa shape index (κ3) is 3.03. The molecule has 0 aliphatic heterocycles. The Morgan fingerprint density at radius 3 is 2.78 bits per heavy atom. The van der Waals surface area contributed by atoms with Gasteiger partial charge in [0.15, 0.2) is 5.82 Å². The molecule has 1 N–H and O–H groups in total. The number of halogens is 1. The Balaban J connectivity index is 2.10. The van der Waals surface area contributed by atoms with Gasteiger partial charge in [-0.1, -0.05) is 16.8 Å². The summed E-state index contributed by atoms with van der Waals surface area (Å²) in [5.41, 5.74) is 0. The van der Waals surface area contributed by atoms with Crippen molar-refractivity contribution in [2.45, 2.75) is 18.4 Å². The van der Waals surface area contributed by atoms with Crippen LogP contribution in [0.4, 0.5) is 0 Å². The van der Waals surface area contributed by atoms with Crippen molar-refractivity contribution in [3.63, 3.8) is 0 Å². The molecule has 7 nitrogen and oxygen atoms in total. The summed E-state index contributed by atoms with van der Waals surface area (Å²) in [6.45, 7) is 1.57. The average Bonchev–Trinajstić information content (AvgIpc) is 2.73. The van der Waals surface area contributed by atoms with Crippen molar-refractivity contribution < 1.29 is 12.9 Å². The number of sulfonamides is 1. The lowest BCUT2D eigenvalue weighted by molar-refractivity contribution is 0.387. The van der Waals surface area contributed by atoms with Crippen LogP contribution in [0.5, 0.6) is 0 Å². The number of aryl methyl sites for hydroxylation is 1. The summed E-state index contributed by atoms with van der Waals surface area (Å²) in [7, 11) is -3.66. The molecule has 0 saturated carbocycles. The molecule has 2 aromatic heterocycles. The second-order valence-corrected chi connectivity index (χ2v) is 5.53. The van der Waals surface area contributed by atoms with E-state index in [0.29, 0.717) is 5.89 Å². The lowest BCUT2D eigenvalue weighted by Gasteiger charge is -2.03. The smallest absolute Gasteiger partial charge is 0.242 e. The number of pyridine rings is 1. The summed E-state index contributed by atoms with van der Waals surface area (Å²) >= 11 is 5.58. The van der Waals surface area contributed by atoms with E-state index in [0.717, 1.165) is 0 Å². The van der Waals surface area contributed by atoms with E-state index in [1.165, 1.54) is 18.3 Å². The lowest BCUT2D eigenvalue weighted by Crippen LogP contribution is -2.23. The largest absolute Gasteiger partial charge is 0.340 e. The Labute approximate surface area is 108 Å². The highest BCUT2D eigenvalue weighted by Gasteiger charge is 2.15. The van der Waals surface area contributed by atoms with E-state index in [4.69, 9.17) is 16.1 Å². The van der Waals surface area contributed by atoms with Crippen LogP contribution in [0.3, 0.4) is 0 Å². The first-order chi connectivity index (χ1) is 8.47. The van der Waals surface area contributed by atoms with E-state index in [1.807, 2.05) is 0 Å². The molecule has 0 atom stereocenters. The van der Waals surface area contributed by atoms with Gasteiger partial charge in [0.1, 0.15) is 10.0 Å². The fourth-order valence-electron chi connectivity index (χ4n) is 1.18. The second-order valence-electron chi connectivity index (χ2n) is 3.37. The summed E-state index contributed by atoms with van der Waals surface area (Å²) < 4.78 is 30.7. The highest BCUT2D eigenvalue weighted by Crippen LogP contribution is 2.10. The topological polar surface area (TPSA) is 98.0 Å². The molecule has 0 aliphatic rings. The number of rotatable bonds is 4. The minimum atomic E-state index is -3.66. The van der Waals surface area contributed by atoms with Crippen molar-refractivity contribution in [1.82, 2.24) is 19.8 Å². The first-order valence-corrected chi connectivity index (χ1v) is 6.74. The number of nitrogens with one attached hydrogen (secondary N) is 1. The van der Waals surface area contributed by atoms with Crippen molar-refractivity contribution in [2.75, 3.05) is 0 Å². The van der Waals surface area contributed by atoms with E-state index >= 15 is 0 Å². The van der Waals surface area contributed by atoms with E-state index in [-0.39, 0.29) is 22.4 Å². The highest BCUT2D eigenvalue weighted by molar-refractivity contribution is 7.89. The Bertz CT molecular complexity index is 638. The maximum atomic E-state index is 11.8. The molecule has 2 heterocycles. The van der Waals surface area contributed by atoms with Crippen LogP contribution in [0.25, 0.3) is 0 Å². The summed E-state index contributed by atoms with van der Waals surface area (Å²) in [6.07, 6.45) is 1.17. The minimum absolute atomic E-state index is 0.0205. The standard InChI is InChI=1S/C9H9ClN4O3S/c1-6-13-9(14-17-6)5-12-18(15,16)7-2-3-8(10)11-4-7/h2-4,12H,5H2,1H3. The molecule has 0 spiro atoms. The predicted molar refractivity (Wildman–Crippen MR) is 62.3 cm³/mol. The molecule has 0 aliphatic carbocycles. The fourth-order valence-corrected chi connectivity index (χ4v) is 2.21. The Kier molecular flexibility index (Phi) is 3.60. The van der Waals surface area contributed by atoms with Gasteiger partial charge in [0, 0.05) is 13.1 Å². The van der Waals surface area contributed by atoms with Gasteiger partial charge >= 0.3 is 0 Å². The summed E-state index contributed by atoms with van der Waals surface area (Å²) in [6, 6.07) is 2.76. The molecular formula is C9H9ClN4O3S. The van der Waals surface area contributed by atoms with E-state index in [2.05, 4.69) is 19.8 Å². The van der Waals surface area contributed by atoms with Crippen molar-refractivity contribution >= 4 is 21.6 Å². The first kappa shape index (κ1) is 12.9. The molecule has 0 fully saturated rings. The summed E-state index contributed by atoms with van der Waals surface area (Å²) in [4.78, 5) is 7.60. The maximum absolute atomic E-state index is 11.8. The highest BCUT2D eigenvalue weighted by atomic mass is 35.5. The fraction of sp³-hybridized carbons (Fsp3) is 0.222. The molecule has 2 aromatic rings. The summed E-state index contributed by atoms with van der Waals surface area (Å²) in [5, 5.41) is 3.80.